The number of carbonyl (C=O) groups excluding carboxylic acids is 2. The van der Waals surface area contributed by atoms with Crippen LogP contribution in [0.5, 0.6) is 0 Å². The molecule has 1 fully saturated rings. The van der Waals surface area contributed by atoms with E-state index in [0.29, 0.717) is 0 Å². The highest BCUT2D eigenvalue weighted by Crippen LogP contribution is 2.08. The summed E-state index contributed by atoms with van der Waals surface area (Å²) in [7, 11) is 0. The number of aliphatic hydroxyl groups excluding tert-OH is 3. The van der Waals surface area contributed by atoms with Gasteiger partial charge in [0.05, 0.1) is 26.5 Å². The Labute approximate surface area is 97.0 Å². The van der Waals surface area contributed by atoms with Gasteiger partial charge < -0.3 is 25.4 Å². The average Bonchev–Trinajstić information content (AvgIpc) is 2.31. The highest BCUT2D eigenvalue weighted by Gasteiger charge is 2.33. The van der Waals surface area contributed by atoms with Gasteiger partial charge in [-0.2, -0.15) is 0 Å². The van der Waals surface area contributed by atoms with Gasteiger partial charge >= 0.3 is 12.1 Å². The summed E-state index contributed by atoms with van der Waals surface area (Å²) in [6, 6.07) is -1.39. The molecule has 9 nitrogen and oxygen atoms in total. The van der Waals surface area contributed by atoms with E-state index >= 15 is 0 Å². The van der Waals surface area contributed by atoms with E-state index < -0.39 is 31.0 Å². The third kappa shape index (κ3) is 3.53. The van der Waals surface area contributed by atoms with Crippen molar-refractivity contribution in [3.63, 3.8) is 0 Å². The molecule has 1 aliphatic rings. The number of nitrogens with zero attached hydrogens (tertiary/aromatic N) is 1. The summed E-state index contributed by atoms with van der Waals surface area (Å²) in [4.78, 5) is 23.3. The third-order valence-electron chi connectivity index (χ3n) is 2.09. The molecule has 0 aromatic rings. The lowest BCUT2D eigenvalue weighted by Gasteiger charge is -2.36. The number of imide groups is 1. The molecule has 9 heteroatoms. The van der Waals surface area contributed by atoms with Crippen molar-refractivity contribution in [2.24, 2.45) is 0 Å². The summed E-state index contributed by atoms with van der Waals surface area (Å²) in [5.74, 6) is 0. The lowest BCUT2D eigenvalue weighted by Crippen LogP contribution is -2.63. The van der Waals surface area contributed by atoms with Crippen molar-refractivity contribution >= 4 is 12.1 Å². The summed E-state index contributed by atoms with van der Waals surface area (Å²) in [5.41, 5.74) is 0. The minimum atomic E-state index is -1.33. The van der Waals surface area contributed by atoms with Gasteiger partial charge in [-0.3, -0.25) is 10.2 Å². The Balaban J connectivity index is 2.67. The molecule has 0 spiro atoms. The van der Waals surface area contributed by atoms with Crippen molar-refractivity contribution in [3.05, 3.63) is 0 Å². The van der Waals surface area contributed by atoms with E-state index in [4.69, 9.17) is 14.9 Å². The van der Waals surface area contributed by atoms with Crippen LogP contribution in [0.1, 0.15) is 0 Å². The molecule has 17 heavy (non-hydrogen) atoms. The fraction of sp³-hybridized carbons (Fsp3) is 0.750. The predicted molar refractivity (Wildman–Crippen MR) is 53.7 cm³/mol. The van der Waals surface area contributed by atoms with E-state index in [9.17, 15) is 14.7 Å². The molecule has 98 valence electrons. The molecule has 0 unspecified atom stereocenters. The Morgan fingerprint density at radius 1 is 1.41 bits per heavy atom. The molecule has 4 amide bonds. The van der Waals surface area contributed by atoms with Crippen molar-refractivity contribution in [3.8, 4) is 0 Å². The minimum Gasteiger partial charge on any atom is -0.394 e. The van der Waals surface area contributed by atoms with E-state index in [1.807, 2.05) is 5.32 Å². The molecule has 0 aromatic carbocycles. The fourth-order valence-electron chi connectivity index (χ4n) is 1.32. The quantitative estimate of drug-likeness (QED) is 0.350. The number of rotatable bonds is 6. The van der Waals surface area contributed by atoms with Crippen LogP contribution in [0.3, 0.4) is 0 Å². The number of hydrogen-bond acceptors (Lipinski definition) is 6. The first-order valence-corrected chi connectivity index (χ1v) is 4.97. The Hall–Kier alpha value is -1.42. The smallest absolute Gasteiger partial charge is 0.329 e. The molecule has 0 radical (unpaired) electrons. The van der Waals surface area contributed by atoms with E-state index in [0.717, 1.165) is 4.90 Å². The van der Waals surface area contributed by atoms with Gasteiger partial charge in [0.25, 0.3) is 0 Å². The molecule has 1 aliphatic heterocycles. The minimum absolute atomic E-state index is 0.112. The summed E-state index contributed by atoms with van der Waals surface area (Å²) < 4.78 is 5.04. The zero-order valence-electron chi connectivity index (χ0n) is 9.00. The molecule has 0 aliphatic carbocycles. The average molecular weight is 249 g/mol. The number of nitrogens with one attached hydrogen (secondary N) is 2. The maximum atomic E-state index is 11.4. The van der Waals surface area contributed by atoms with Crippen molar-refractivity contribution in [1.82, 2.24) is 15.5 Å². The molecule has 0 aromatic heterocycles. The van der Waals surface area contributed by atoms with Gasteiger partial charge in [0.15, 0.2) is 6.23 Å². The van der Waals surface area contributed by atoms with Crippen molar-refractivity contribution in [1.29, 1.82) is 0 Å². The molecule has 0 bridgehead atoms. The van der Waals surface area contributed by atoms with Crippen molar-refractivity contribution in [2.45, 2.75) is 12.3 Å². The van der Waals surface area contributed by atoms with Crippen LogP contribution in [0.15, 0.2) is 0 Å². The second-order valence-corrected chi connectivity index (χ2v) is 3.30. The van der Waals surface area contributed by atoms with Crippen molar-refractivity contribution < 1.29 is 29.6 Å². The predicted octanol–water partition coefficient (Wildman–Crippen LogP) is -2.63. The van der Waals surface area contributed by atoms with Gasteiger partial charge in [-0.25, -0.2) is 9.59 Å². The number of carbonyl (C=O) groups is 2. The molecule has 1 saturated heterocycles. The van der Waals surface area contributed by atoms with E-state index in [-0.39, 0.29) is 19.9 Å². The third-order valence-corrected chi connectivity index (χ3v) is 2.09. The van der Waals surface area contributed by atoms with Gasteiger partial charge in [-0.05, 0) is 0 Å². The topological polar surface area (TPSA) is 131 Å². The highest BCUT2D eigenvalue weighted by atomic mass is 16.5. The van der Waals surface area contributed by atoms with Crippen LogP contribution in [0.25, 0.3) is 0 Å². The van der Waals surface area contributed by atoms with E-state index in [2.05, 4.69) is 5.32 Å². The zero-order valence-corrected chi connectivity index (χ0v) is 9.00. The maximum Gasteiger partial charge on any atom is 0.329 e. The van der Waals surface area contributed by atoms with Crippen LogP contribution in [0.2, 0.25) is 0 Å². The first kappa shape index (κ1) is 13.6. The van der Waals surface area contributed by atoms with Gasteiger partial charge in [-0.1, -0.05) is 0 Å². The summed E-state index contributed by atoms with van der Waals surface area (Å²) >= 11 is 0. The largest absolute Gasteiger partial charge is 0.394 e. The van der Waals surface area contributed by atoms with Crippen LogP contribution in [0.4, 0.5) is 9.59 Å². The molecule has 1 rings (SSSR count). The molecule has 1 heterocycles. The van der Waals surface area contributed by atoms with Gasteiger partial charge in [0, 0.05) is 0 Å². The number of hydrogen-bond donors (Lipinski definition) is 5. The van der Waals surface area contributed by atoms with Gasteiger partial charge in [-0.15, -0.1) is 0 Å². The number of amides is 4. The zero-order chi connectivity index (χ0) is 12.8. The summed E-state index contributed by atoms with van der Waals surface area (Å²) in [5, 5.41) is 31.2. The Morgan fingerprint density at radius 3 is 2.65 bits per heavy atom. The van der Waals surface area contributed by atoms with Crippen LogP contribution < -0.4 is 10.6 Å². The van der Waals surface area contributed by atoms with Crippen LogP contribution in [-0.2, 0) is 4.74 Å². The van der Waals surface area contributed by atoms with Gasteiger partial charge in [0.2, 0.25) is 0 Å². The van der Waals surface area contributed by atoms with Crippen LogP contribution in [0, 0.1) is 0 Å². The molecular weight excluding hydrogens is 234 g/mol. The summed E-state index contributed by atoms with van der Waals surface area (Å²) in [6.45, 7) is -1.18. The maximum absolute atomic E-state index is 11.4. The van der Waals surface area contributed by atoms with Crippen LogP contribution >= 0.6 is 0 Å². The Morgan fingerprint density at radius 2 is 2.12 bits per heavy atom. The highest BCUT2D eigenvalue weighted by molar-refractivity contribution is 5.95. The molecular formula is C8H15N3O6. The Bertz CT molecular complexity index is 286. The van der Waals surface area contributed by atoms with E-state index in [1.165, 1.54) is 0 Å². The van der Waals surface area contributed by atoms with Crippen molar-refractivity contribution in [2.75, 3.05) is 26.5 Å². The van der Waals surface area contributed by atoms with Crippen LogP contribution in [-0.4, -0.2) is 71.1 Å². The normalized spacial score (nSPS) is 19.6. The first-order valence-electron chi connectivity index (χ1n) is 4.97. The Kier molecular flexibility index (Phi) is 5.10. The van der Waals surface area contributed by atoms with E-state index in [1.54, 1.807) is 0 Å². The standard InChI is InChI=1S/C8H15N3O6/c12-1-2-17-6(5(14)3-13)11-4-9-7(15)10-8(11)16/h5-6,12-14H,1-4H2,(H2,9,10,15,16)/t5-,6+/m0/s1. The molecule has 0 saturated carbocycles. The lowest BCUT2D eigenvalue weighted by molar-refractivity contribution is -0.127. The summed E-state index contributed by atoms with van der Waals surface area (Å²) in [6.07, 6.45) is -2.48. The number of ether oxygens (including phenoxy) is 1. The monoisotopic (exact) mass is 249 g/mol. The second kappa shape index (κ2) is 6.35. The molecule has 5 N–H and O–H groups in total. The molecule has 2 atom stereocenters. The fourth-order valence-corrected chi connectivity index (χ4v) is 1.32. The number of aliphatic hydroxyl groups is 3. The lowest BCUT2D eigenvalue weighted by atomic mass is 10.3. The number of urea groups is 2. The SMILES string of the molecule is O=C1NCN([C@H](OCCO)[C@@H](O)CO)C(=O)N1. The second-order valence-electron chi connectivity index (χ2n) is 3.30. The first-order chi connectivity index (χ1) is 8.10. The van der Waals surface area contributed by atoms with Gasteiger partial charge in [0.1, 0.15) is 6.10 Å².